The molecule has 12 heavy (non-hydrogen) atoms. The summed E-state index contributed by atoms with van der Waals surface area (Å²) in [7, 11) is 0. The highest BCUT2D eigenvalue weighted by Crippen LogP contribution is 1.99. The summed E-state index contributed by atoms with van der Waals surface area (Å²) in [5.74, 6) is 0. The zero-order chi connectivity index (χ0) is 8.81. The van der Waals surface area contributed by atoms with Gasteiger partial charge in [0.1, 0.15) is 0 Å². The predicted molar refractivity (Wildman–Crippen MR) is 51.0 cm³/mol. The molecule has 2 heteroatoms. The minimum atomic E-state index is 0.933. The molecule has 0 bridgehead atoms. The molecular formula is C10H16N2. The van der Waals surface area contributed by atoms with Gasteiger partial charge < -0.3 is 5.32 Å². The minimum absolute atomic E-state index is 0.933. The number of rotatable bonds is 4. The van der Waals surface area contributed by atoms with Gasteiger partial charge in [-0.25, -0.2) is 0 Å². The lowest BCUT2D eigenvalue weighted by atomic mass is 10.2. The molecule has 0 fully saturated rings. The third kappa shape index (κ3) is 3.01. The number of aromatic nitrogens is 1. The number of aryl methyl sites for hydroxylation is 1. The van der Waals surface area contributed by atoms with Crippen molar-refractivity contribution in [2.24, 2.45) is 0 Å². The normalized spacial score (nSPS) is 10.2. The monoisotopic (exact) mass is 164 g/mol. The van der Waals surface area contributed by atoms with Crippen molar-refractivity contribution in [2.45, 2.75) is 26.8 Å². The van der Waals surface area contributed by atoms with Gasteiger partial charge in [-0.15, -0.1) is 0 Å². The summed E-state index contributed by atoms with van der Waals surface area (Å²) < 4.78 is 0. The first-order valence-electron chi connectivity index (χ1n) is 4.44. The van der Waals surface area contributed by atoms with E-state index in [0.717, 1.165) is 13.1 Å². The number of nitrogens with one attached hydrogen (secondary N) is 1. The number of hydrogen-bond donors (Lipinski definition) is 1. The highest BCUT2D eigenvalue weighted by Gasteiger charge is 1.91. The van der Waals surface area contributed by atoms with Crippen LogP contribution in [0, 0.1) is 6.92 Å². The van der Waals surface area contributed by atoms with Gasteiger partial charge in [0.2, 0.25) is 0 Å². The number of nitrogens with zero attached hydrogens (tertiary/aromatic N) is 1. The second-order valence-corrected chi connectivity index (χ2v) is 3.05. The Balaban J connectivity index is 2.41. The van der Waals surface area contributed by atoms with Crippen LogP contribution >= 0.6 is 0 Å². The van der Waals surface area contributed by atoms with E-state index in [1.54, 1.807) is 0 Å². The van der Waals surface area contributed by atoms with Crippen LogP contribution in [-0.2, 0) is 6.54 Å². The summed E-state index contributed by atoms with van der Waals surface area (Å²) in [5.41, 5.74) is 2.49. The highest BCUT2D eigenvalue weighted by molar-refractivity contribution is 5.16. The maximum atomic E-state index is 4.12. The van der Waals surface area contributed by atoms with Crippen LogP contribution in [0.3, 0.4) is 0 Å². The van der Waals surface area contributed by atoms with Gasteiger partial charge in [0, 0.05) is 18.9 Å². The standard InChI is InChI=1S/C10H16N2/c1-3-4-11-7-10-5-9(2)6-12-8-10/h5-6,8,11H,3-4,7H2,1-2H3. The summed E-state index contributed by atoms with van der Waals surface area (Å²) in [6, 6.07) is 2.16. The molecule has 0 aliphatic carbocycles. The summed E-state index contributed by atoms with van der Waals surface area (Å²) >= 11 is 0. The number of pyridine rings is 1. The van der Waals surface area contributed by atoms with Gasteiger partial charge in [0.25, 0.3) is 0 Å². The third-order valence-corrected chi connectivity index (χ3v) is 1.69. The molecule has 0 atom stereocenters. The summed E-state index contributed by atoms with van der Waals surface area (Å²) in [6.45, 7) is 6.24. The molecule has 0 unspecified atom stereocenters. The van der Waals surface area contributed by atoms with Gasteiger partial charge in [-0.05, 0) is 31.0 Å². The van der Waals surface area contributed by atoms with E-state index in [9.17, 15) is 0 Å². The average molecular weight is 164 g/mol. The van der Waals surface area contributed by atoms with E-state index in [-0.39, 0.29) is 0 Å². The van der Waals surface area contributed by atoms with Crippen molar-refractivity contribution in [3.63, 3.8) is 0 Å². The Kier molecular flexibility index (Phi) is 3.74. The molecule has 0 amide bonds. The molecule has 0 spiro atoms. The summed E-state index contributed by atoms with van der Waals surface area (Å²) in [5, 5.41) is 3.34. The first kappa shape index (κ1) is 9.20. The molecular weight excluding hydrogens is 148 g/mol. The predicted octanol–water partition coefficient (Wildman–Crippen LogP) is 1.89. The lowest BCUT2D eigenvalue weighted by Gasteiger charge is -2.02. The van der Waals surface area contributed by atoms with E-state index >= 15 is 0 Å². The van der Waals surface area contributed by atoms with Crippen LogP contribution in [0.2, 0.25) is 0 Å². The highest BCUT2D eigenvalue weighted by atomic mass is 14.8. The van der Waals surface area contributed by atoms with Crippen LogP contribution in [0.4, 0.5) is 0 Å². The van der Waals surface area contributed by atoms with Crippen LogP contribution < -0.4 is 5.32 Å². The first-order chi connectivity index (χ1) is 5.83. The molecule has 0 aromatic carbocycles. The van der Waals surface area contributed by atoms with E-state index in [0.29, 0.717) is 0 Å². The molecule has 2 nitrogen and oxygen atoms in total. The molecule has 0 aliphatic heterocycles. The fraction of sp³-hybridized carbons (Fsp3) is 0.500. The van der Waals surface area contributed by atoms with Crippen LogP contribution in [0.15, 0.2) is 18.5 Å². The maximum absolute atomic E-state index is 4.12. The van der Waals surface area contributed by atoms with Gasteiger partial charge in [-0.1, -0.05) is 13.0 Å². The fourth-order valence-electron chi connectivity index (χ4n) is 1.12. The Morgan fingerprint density at radius 2 is 2.25 bits per heavy atom. The van der Waals surface area contributed by atoms with E-state index in [4.69, 9.17) is 0 Å². The Morgan fingerprint density at radius 1 is 1.42 bits per heavy atom. The molecule has 1 N–H and O–H groups in total. The van der Waals surface area contributed by atoms with Gasteiger partial charge in [-0.2, -0.15) is 0 Å². The smallest absolute Gasteiger partial charge is 0.0313 e. The van der Waals surface area contributed by atoms with Crippen LogP contribution in [0.5, 0.6) is 0 Å². The van der Waals surface area contributed by atoms with Crippen molar-refractivity contribution in [1.29, 1.82) is 0 Å². The second kappa shape index (κ2) is 4.88. The van der Waals surface area contributed by atoms with Crippen LogP contribution in [0.25, 0.3) is 0 Å². The molecule has 1 aromatic rings. The van der Waals surface area contributed by atoms with Crippen molar-refractivity contribution in [2.75, 3.05) is 6.54 Å². The van der Waals surface area contributed by atoms with Gasteiger partial charge in [0.15, 0.2) is 0 Å². The van der Waals surface area contributed by atoms with Crippen LogP contribution in [-0.4, -0.2) is 11.5 Å². The molecule has 0 saturated carbocycles. The molecule has 1 rings (SSSR count). The lowest BCUT2D eigenvalue weighted by Crippen LogP contribution is -2.13. The van der Waals surface area contributed by atoms with Crippen molar-refractivity contribution in [1.82, 2.24) is 10.3 Å². The van der Waals surface area contributed by atoms with E-state index in [1.807, 2.05) is 12.4 Å². The van der Waals surface area contributed by atoms with E-state index in [1.165, 1.54) is 17.5 Å². The molecule has 1 heterocycles. The maximum Gasteiger partial charge on any atom is 0.0313 e. The van der Waals surface area contributed by atoms with Crippen molar-refractivity contribution < 1.29 is 0 Å². The van der Waals surface area contributed by atoms with Gasteiger partial charge in [-0.3, -0.25) is 4.98 Å². The van der Waals surface area contributed by atoms with E-state index in [2.05, 4.69) is 30.2 Å². The molecule has 66 valence electrons. The average Bonchev–Trinajstić information content (AvgIpc) is 2.05. The summed E-state index contributed by atoms with van der Waals surface area (Å²) in [6.07, 6.45) is 4.97. The topological polar surface area (TPSA) is 24.9 Å². The Morgan fingerprint density at radius 3 is 2.92 bits per heavy atom. The molecule has 1 aromatic heterocycles. The summed E-state index contributed by atoms with van der Waals surface area (Å²) in [4.78, 5) is 4.12. The zero-order valence-corrected chi connectivity index (χ0v) is 7.80. The Hall–Kier alpha value is -0.890. The quantitative estimate of drug-likeness (QED) is 0.687. The zero-order valence-electron chi connectivity index (χ0n) is 7.80. The van der Waals surface area contributed by atoms with Gasteiger partial charge in [0.05, 0.1) is 0 Å². The van der Waals surface area contributed by atoms with Crippen molar-refractivity contribution in [3.05, 3.63) is 29.6 Å². The first-order valence-corrected chi connectivity index (χ1v) is 4.44. The molecule has 0 aliphatic rings. The van der Waals surface area contributed by atoms with Gasteiger partial charge >= 0.3 is 0 Å². The fourth-order valence-corrected chi connectivity index (χ4v) is 1.12. The lowest BCUT2D eigenvalue weighted by molar-refractivity contribution is 0.673. The van der Waals surface area contributed by atoms with Crippen molar-refractivity contribution >= 4 is 0 Å². The largest absolute Gasteiger partial charge is 0.313 e. The Labute approximate surface area is 74.0 Å². The van der Waals surface area contributed by atoms with Crippen molar-refractivity contribution in [3.8, 4) is 0 Å². The van der Waals surface area contributed by atoms with E-state index < -0.39 is 0 Å². The second-order valence-electron chi connectivity index (χ2n) is 3.05. The minimum Gasteiger partial charge on any atom is -0.313 e. The van der Waals surface area contributed by atoms with Crippen LogP contribution in [0.1, 0.15) is 24.5 Å². The molecule has 0 radical (unpaired) electrons. The molecule has 0 saturated heterocycles. The third-order valence-electron chi connectivity index (χ3n) is 1.69. The Bertz CT molecular complexity index is 233. The SMILES string of the molecule is CCCNCc1cncc(C)c1. The number of hydrogen-bond acceptors (Lipinski definition) is 2.